The quantitative estimate of drug-likeness (QED) is 0.765. The number of ether oxygens (including phenoxy) is 2. The number of hydrogen-bond acceptors (Lipinski definition) is 8. The number of carbonyl (C=O) groups excluding carboxylic acids is 2. The first-order valence-corrected chi connectivity index (χ1v) is 8.88. The van der Waals surface area contributed by atoms with Crippen molar-refractivity contribution in [3.63, 3.8) is 0 Å². The monoisotopic (exact) mass is 378 g/mol. The predicted octanol–water partition coefficient (Wildman–Crippen LogP) is 0.848. The standard InChI is InChI=1S/C16H14N2O7S/c1-23-16(20)12-7-6-10(25-12)9-24-14(19)8-17-15-11-4-2-3-5-13(11)26(21,22)18-15/h2-7H,8-9H2,1H3,(H,17,18). The molecule has 0 radical (unpaired) electrons. The van der Waals surface area contributed by atoms with Gasteiger partial charge in [0.2, 0.25) is 5.76 Å². The first-order chi connectivity index (χ1) is 12.4. The number of hydrogen-bond donors (Lipinski definition) is 1. The average Bonchev–Trinajstić information content (AvgIpc) is 3.21. The summed E-state index contributed by atoms with van der Waals surface area (Å²) in [5.74, 6) is -0.976. The third-order valence-electron chi connectivity index (χ3n) is 3.45. The summed E-state index contributed by atoms with van der Waals surface area (Å²) in [5.41, 5.74) is 0.397. The average molecular weight is 378 g/mol. The van der Waals surface area contributed by atoms with Crippen LogP contribution in [0.5, 0.6) is 0 Å². The number of furan rings is 1. The number of amidine groups is 1. The van der Waals surface area contributed by atoms with E-state index in [-0.39, 0.29) is 35.4 Å². The largest absolute Gasteiger partial charge is 0.463 e. The first kappa shape index (κ1) is 17.7. The minimum atomic E-state index is -3.66. The lowest BCUT2D eigenvalue weighted by atomic mass is 10.2. The second-order valence-electron chi connectivity index (χ2n) is 5.18. The molecule has 1 N–H and O–H groups in total. The van der Waals surface area contributed by atoms with Gasteiger partial charge in [-0.15, -0.1) is 0 Å². The molecule has 0 amide bonds. The van der Waals surface area contributed by atoms with Crippen LogP contribution < -0.4 is 4.72 Å². The number of aliphatic imine (C=N–C) groups is 1. The number of fused-ring (bicyclic) bond motifs is 1. The zero-order chi connectivity index (χ0) is 18.7. The van der Waals surface area contributed by atoms with Crippen LogP contribution in [0.25, 0.3) is 0 Å². The number of rotatable bonds is 5. The van der Waals surface area contributed by atoms with E-state index in [4.69, 9.17) is 9.15 Å². The summed E-state index contributed by atoms with van der Waals surface area (Å²) in [6, 6.07) is 9.20. The van der Waals surface area contributed by atoms with Gasteiger partial charge in [0.25, 0.3) is 10.0 Å². The maximum Gasteiger partial charge on any atom is 0.373 e. The minimum absolute atomic E-state index is 0.00392. The van der Waals surface area contributed by atoms with Gasteiger partial charge in [-0.3, -0.25) is 14.5 Å². The van der Waals surface area contributed by atoms with Crippen molar-refractivity contribution in [3.05, 3.63) is 53.5 Å². The van der Waals surface area contributed by atoms with Gasteiger partial charge in [-0.1, -0.05) is 12.1 Å². The summed E-state index contributed by atoms with van der Waals surface area (Å²) in [6.45, 7) is -0.570. The fraction of sp³-hybridized carbons (Fsp3) is 0.188. The van der Waals surface area contributed by atoms with Crippen LogP contribution in [0.4, 0.5) is 0 Å². The minimum Gasteiger partial charge on any atom is -0.463 e. The molecule has 26 heavy (non-hydrogen) atoms. The van der Waals surface area contributed by atoms with Gasteiger partial charge in [0.05, 0.1) is 12.0 Å². The van der Waals surface area contributed by atoms with E-state index in [1.807, 2.05) is 0 Å². The molecule has 0 bridgehead atoms. The highest BCUT2D eigenvalue weighted by molar-refractivity contribution is 7.90. The van der Waals surface area contributed by atoms with Crippen LogP contribution in [0.3, 0.4) is 0 Å². The molecule has 1 aliphatic heterocycles. The van der Waals surface area contributed by atoms with Crippen LogP contribution in [0.2, 0.25) is 0 Å². The third-order valence-corrected chi connectivity index (χ3v) is 4.85. The summed E-state index contributed by atoms with van der Waals surface area (Å²) in [6.07, 6.45) is 0. The van der Waals surface area contributed by atoms with Gasteiger partial charge in [-0.2, -0.15) is 0 Å². The fourth-order valence-corrected chi connectivity index (χ4v) is 3.51. The molecule has 0 unspecified atom stereocenters. The van der Waals surface area contributed by atoms with E-state index in [0.717, 1.165) is 0 Å². The Labute approximate surface area is 148 Å². The Hall–Kier alpha value is -3.14. The second-order valence-corrected chi connectivity index (χ2v) is 6.84. The maximum absolute atomic E-state index is 11.9. The molecule has 1 aliphatic rings. The van der Waals surface area contributed by atoms with Gasteiger partial charge >= 0.3 is 11.9 Å². The van der Waals surface area contributed by atoms with Gasteiger partial charge in [-0.25, -0.2) is 13.2 Å². The van der Waals surface area contributed by atoms with Crippen LogP contribution in [0.1, 0.15) is 21.9 Å². The smallest absolute Gasteiger partial charge is 0.373 e. The Balaban J connectivity index is 1.60. The number of carbonyl (C=O) groups is 2. The van der Waals surface area contributed by atoms with Crippen molar-refractivity contribution < 1.29 is 31.9 Å². The lowest BCUT2D eigenvalue weighted by Gasteiger charge is -2.02. The SMILES string of the molecule is COC(=O)c1ccc(COC(=O)CN=C2NS(=O)(=O)c3ccccc32)o1. The molecule has 0 fully saturated rings. The Morgan fingerprint density at radius 3 is 2.73 bits per heavy atom. The fourth-order valence-electron chi connectivity index (χ4n) is 2.26. The molecule has 0 spiro atoms. The summed E-state index contributed by atoms with van der Waals surface area (Å²) >= 11 is 0. The van der Waals surface area contributed by atoms with Crippen LogP contribution in [-0.2, 0) is 30.9 Å². The molecule has 10 heteroatoms. The molecule has 3 rings (SSSR count). The number of esters is 2. The summed E-state index contributed by atoms with van der Waals surface area (Å²) in [7, 11) is -2.44. The van der Waals surface area contributed by atoms with Gasteiger partial charge in [-0.05, 0) is 24.3 Å². The van der Waals surface area contributed by atoms with E-state index in [9.17, 15) is 18.0 Å². The lowest BCUT2D eigenvalue weighted by molar-refractivity contribution is -0.143. The highest BCUT2D eigenvalue weighted by Crippen LogP contribution is 2.22. The van der Waals surface area contributed by atoms with Crippen molar-refractivity contribution in [2.75, 3.05) is 13.7 Å². The molecular formula is C16H14N2O7S. The first-order valence-electron chi connectivity index (χ1n) is 7.40. The van der Waals surface area contributed by atoms with Crippen molar-refractivity contribution in [1.82, 2.24) is 4.72 Å². The Morgan fingerprint density at radius 2 is 1.96 bits per heavy atom. The molecule has 0 aliphatic carbocycles. The number of methoxy groups -OCH3 is 1. The van der Waals surface area contributed by atoms with Crippen molar-refractivity contribution in [3.8, 4) is 0 Å². The van der Waals surface area contributed by atoms with E-state index >= 15 is 0 Å². The summed E-state index contributed by atoms with van der Waals surface area (Å²) in [4.78, 5) is 27.1. The highest BCUT2D eigenvalue weighted by Gasteiger charge is 2.30. The summed E-state index contributed by atoms with van der Waals surface area (Å²) in [5, 5.41) is 0. The van der Waals surface area contributed by atoms with Crippen molar-refractivity contribution in [2.24, 2.45) is 4.99 Å². The van der Waals surface area contributed by atoms with Crippen LogP contribution in [0, 0.1) is 0 Å². The van der Waals surface area contributed by atoms with Crippen LogP contribution in [-0.4, -0.2) is 39.8 Å². The molecule has 2 heterocycles. The Kier molecular flexibility index (Phi) is 4.76. The molecule has 0 saturated heterocycles. The van der Waals surface area contributed by atoms with E-state index in [0.29, 0.717) is 5.56 Å². The molecule has 2 aromatic rings. The van der Waals surface area contributed by atoms with E-state index in [1.54, 1.807) is 18.2 Å². The van der Waals surface area contributed by atoms with Crippen molar-refractivity contribution in [1.29, 1.82) is 0 Å². The van der Waals surface area contributed by atoms with Crippen LogP contribution >= 0.6 is 0 Å². The molecule has 9 nitrogen and oxygen atoms in total. The van der Waals surface area contributed by atoms with E-state index in [2.05, 4.69) is 14.5 Å². The topological polar surface area (TPSA) is 124 Å². The molecule has 0 atom stereocenters. The number of sulfonamides is 1. The number of nitrogens with zero attached hydrogens (tertiary/aromatic N) is 1. The molecule has 1 aromatic heterocycles. The van der Waals surface area contributed by atoms with Gasteiger partial charge in [0, 0.05) is 5.56 Å². The molecule has 1 aromatic carbocycles. The zero-order valence-corrected chi connectivity index (χ0v) is 14.4. The second kappa shape index (κ2) is 7.00. The van der Waals surface area contributed by atoms with Gasteiger partial charge < -0.3 is 13.9 Å². The number of benzene rings is 1. The molecular weight excluding hydrogens is 364 g/mol. The summed E-state index contributed by atoms with van der Waals surface area (Å²) < 4.78 is 40.8. The predicted molar refractivity (Wildman–Crippen MR) is 88.0 cm³/mol. The van der Waals surface area contributed by atoms with Crippen molar-refractivity contribution >= 4 is 27.8 Å². The maximum atomic E-state index is 11.9. The van der Waals surface area contributed by atoms with E-state index in [1.165, 1.54) is 25.3 Å². The normalized spacial score (nSPS) is 16.0. The number of nitrogens with one attached hydrogen (secondary N) is 1. The van der Waals surface area contributed by atoms with E-state index < -0.39 is 22.0 Å². The molecule has 0 saturated carbocycles. The highest BCUT2D eigenvalue weighted by atomic mass is 32.2. The van der Waals surface area contributed by atoms with Crippen LogP contribution in [0.15, 0.2) is 50.7 Å². The lowest BCUT2D eigenvalue weighted by Crippen LogP contribution is -2.23. The zero-order valence-electron chi connectivity index (χ0n) is 13.6. The van der Waals surface area contributed by atoms with Gasteiger partial charge in [0.15, 0.2) is 0 Å². The Bertz CT molecular complexity index is 992. The van der Waals surface area contributed by atoms with Gasteiger partial charge in [0.1, 0.15) is 24.7 Å². The Morgan fingerprint density at radius 1 is 1.19 bits per heavy atom. The molecule has 136 valence electrons. The third kappa shape index (κ3) is 3.59. The van der Waals surface area contributed by atoms with Crippen molar-refractivity contribution in [2.45, 2.75) is 11.5 Å².